The first-order chi connectivity index (χ1) is 13.0. The summed E-state index contributed by atoms with van der Waals surface area (Å²) in [5.74, 6) is -0.585. The summed E-state index contributed by atoms with van der Waals surface area (Å²) in [7, 11) is 0. The number of hydrogen-bond acceptors (Lipinski definition) is 4. The minimum absolute atomic E-state index is 0.262. The molecule has 0 saturated heterocycles. The lowest BCUT2D eigenvalue weighted by molar-refractivity contribution is -0.123. The van der Waals surface area contributed by atoms with E-state index in [1.54, 1.807) is 12.3 Å². The zero-order valence-electron chi connectivity index (χ0n) is 15.0. The van der Waals surface area contributed by atoms with Crippen LogP contribution in [0.4, 0.5) is 4.39 Å². The van der Waals surface area contributed by atoms with E-state index >= 15 is 0 Å². The quantitative estimate of drug-likeness (QED) is 0.538. The van der Waals surface area contributed by atoms with Crippen molar-refractivity contribution >= 4 is 12.1 Å². The van der Waals surface area contributed by atoms with Gasteiger partial charge in [0.15, 0.2) is 6.61 Å². The second kappa shape index (κ2) is 8.27. The Morgan fingerprint density at radius 2 is 2.00 bits per heavy atom. The minimum Gasteiger partial charge on any atom is -0.484 e. The Labute approximate surface area is 156 Å². The molecule has 0 atom stereocenters. The van der Waals surface area contributed by atoms with Crippen molar-refractivity contribution in [3.05, 3.63) is 77.4 Å². The van der Waals surface area contributed by atoms with Crippen LogP contribution in [0, 0.1) is 19.7 Å². The summed E-state index contributed by atoms with van der Waals surface area (Å²) in [6.07, 6.45) is 1.55. The molecular weight excluding hydrogens is 347 g/mol. The maximum atomic E-state index is 13.1. The van der Waals surface area contributed by atoms with Gasteiger partial charge in [0.05, 0.1) is 23.3 Å². The summed E-state index contributed by atoms with van der Waals surface area (Å²) < 4.78 is 20.1. The molecule has 0 bridgehead atoms. The van der Waals surface area contributed by atoms with Gasteiger partial charge in [0.1, 0.15) is 11.6 Å². The van der Waals surface area contributed by atoms with Gasteiger partial charge in [-0.2, -0.15) is 10.2 Å². The SMILES string of the molecule is Cc1nn(-c2ccccc2)c(C)c1/C=N\NC(=O)COc1cccc(F)c1. The van der Waals surface area contributed by atoms with Crippen LogP contribution in [0.15, 0.2) is 59.7 Å². The van der Waals surface area contributed by atoms with E-state index in [4.69, 9.17) is 4.74 Å². The molecule has 2 aromatic carbocycles. The lowest BCUT2D eigenvalue weighted by Crippen LogP contribution is -2.24. The normalized spacial score (nSPS) is 10.9. The van der Waals surface area contributed by atoms with Crippen LogP contribution in [0.2, 0.25) is 0 Å². The standard InChI is InChI=1S/C20H19FN4O2/c1-14-19(15(2)25(24-14)17-8-4-3-5-9-17)12-22-23-20(26)13-27-18-10-6-7-16(21)11-18/h3-12H,13H2,1-2H3,(H,23,26)/b22-12-. The third kappa shape index (κ3) is 4.58. The molecule has 27 heavy (non-hydrogen) atoms. The van der Waals surface area contributed by atoms with Crippen LogP contribution < -0.4 is 10.2 Å². The second-order valence-corrected chi connectivity index (χ2v) is 5.87. The van der Waals surface area contributed by atoms with Crippen LogP contribution in [-0.2, 0) is 4.79 Å². The molecule has 0 spiro atoms. The number of para-hydroxylation sites is 1. The molecule has 0 radical (unpaired) electrons. The number of carbonyl (C=O) groups is 1. The number of ether oxygens (including phenoxy) is 1. The Morgan fingerprint density at radius 3 is 2.74 bits per heavy atom. The van der Waals surface area contributed by atoms with Crippen molar-refractivity contribution in [1.82, 2.24) is 15.2 Å². The topological polar surface area (TPSA) is 68.5 Å². The van der Waals surface area contributed by atoms with Crippen molar-refractivity contribution in [3.8, 4) is 11.4 Å². The van der Waals surface area contributed by atoms with Gasteiger partial charge in [-0.05, 0) is 38.1 Å². The Hall–Kier alpha value is -3.48. The number of nitrogens with zero attached hydrogens (tertiary/aromatic N) is 3. The highest BCUT2D eigenvalue weighted by atomic mass is 19.1. The van der Waals surface area contributed by atoms with Crippen molar-refractivity contribution in [2.75, 3.05) is 6.61 Å². The number of hydrazone groups is 1. The fourth-order valence-electron chi connectivity index (χ4n) is 2.57. The lowest BCUT2D eigenvalue weighted by atomic mass is 10.2. The second-order valence-electron chi connectivity index (χ2n) is 5.87. The van der Waals surface area contributed by atoms with Crippen molar-refractivity contribution in [2.45, 2.75) is 13.8 Å². The Morgan fingerprint density at radius 1 is 1.22 bits per heavy atom. The van der Waals surface area contributed by atoms with Crippen molar-refractivity contribution in [2.24, 2.45) is 5.10 Å². The Balaban J connectivity index is 1.61. The molecule has 1 amide bonds. The molecule has 138 valence electrons. The van der Waals surface area contributed by atoms with E-state index in [-0.39, 0.29) is 12.4 Å². The fraction of sp³-hybridized carbons (Fsp3) is 0.150. The number of halogens is 1. The summed E-state index contributed by atoms with van der Waals surface area (Å²) in [5, 5.41) is 8.48. The molecule has 0 aliphatic heterocycles. The minimum atomic E-state index is -0.443. The molecule has 1 heterocycles. The van der Waals surface area contributed by atoms with E-state index in [1.807, 2.05) is 48.9 Å². The largest absolute Gasteiger partial charge is 0.484 e. The zero-order valence-corrected chi connectivity index (χ0v) is 15.0. The molecule has 0 unspecified atom stereocenters. The molecule has 3 rings (SSSR count). The van der Waals surface area contributed by atoms with E-state index in [0.717, 1.165) is 22.6 Å². The molecule has 0 saturated carbocycles. The van der Waals surface area contributed by atoms with Crippen LogP contribution in [-0.4, -0.2) is 28.5 Å². The maximum Gasteiger partial charge on any atom is 0.277 e. The number of aromatic nitrogens is 2. The Bertz CT molecular complexity index is 967. The average molecular weight is 366 g/mol. The van der Waals surface area contributed by atoms with Crippen LogP contribution in [0.25, 0.3) is 5.69 Å². The lowest BCUT2D eigenvalue weighted by Gasteiger charge is -2.05. The monoisotopic (exact) mass is 366 g/mol. The first kappa shape index (κ1) is 18.3. The highest BCUT2D eigenvalue weighted by Crippen LogP contribution is 2.16. The Kier molecular flexibility index (Phi) is 5.61. The smallest absolute Gasteiger partial charge is 0.277 e. The van der Waals surface area contributed by atoms with Gasteiger partial charge in [-0.1, -0.05) is 24.3 Å². The summed E-state index contributed by atoms with van der Waals surface area (Å²) in [5.41, 5.74) is 5.87. The summed E-state index contributed by atoms with van der Waals surface area (Å²) >= 11 is 0. The number of benzene rings is 2. The number of aryl methyl sites for hydroxylation is 1. The van der Waals surface area contributed by atoms with Gasteiger partial charge in [0.25, 0.3) is 5.91 Å². The molecule has 7 heteroatoms. The van der Waals surface area contributed by atoms with E-state index in [9.17, 15) is 9.18 Å². The average Bonchev–Trinajstić information content (AvgIpc) is 2.95. The number of amides is 1. The summed E-state index contributed by atoms with van der Waals surface area (Å²) in [6.45, 7) is 3.55. The number of carbonyl (C=O) groups excluding carboxylic acids is 1. The van der Waals surface area contributed by atoms with Gasteiger partial charge >= 0.3 is 0 Å². The molecule has 0 aliphatic carbocycles. The predicted molar refractivity (Wildman–Crippen MR) is 101 cm³/mol. The van der Waals surface area contributed by atoms with Gasteiger partial charge in [-0.25, -0.2) is 14.5 Å². The molecule has 6 nitrogen and oxygen atoms in total. The first-order valence-corrected chi connectivity index (χ1v) is 8.36. The first-order valence-electron chi connectivity index (χ1n) is 8.36. The highest BCUT2D eigenvalue weighted by Gasteiger charge is 2.11. The van der Waals surface area contributed by atoms with E-state index in [2.05, 4.69) is 15.6 Å². The molecule has 1 aromatic heterocycles. The van der Waals surface area contributed by atoms with E-state index < -0.39 is 11.7 Å². The number of hydrogen-bond donors (Lipinski definition) is 1. The van der Waals surface area contributed by atoms with Crippen molar-refractivity contribution in [3.63, 3.8) is 0 Å². The van der Waals surface area contributed by atoms with E-state index in [0.29, 0.717) is 0 Å². The highest BCUT2D eigenvalue weighted by molar-refractivity contribution is 5.85. The van der Waals surface area contributed by atoms with Gasteiger partial charge in [0, 0.05) is 11.6 Å². The molecule has 0 fully saturated rings. The molecule has 1 N–H and O–H groups in total. The maximum absolute atomic E-state index is 13.1. The fourth-order valence-corrected chi connectivity index (χ4v) is 2.57. The van der Waals surface area contributed by atoms with Gasteiger partial charge in [-0.15, -0.1) is 0 Å². The summed E-state index contributed by atoms with van der Waals surface area (Å²) in [4.78, 5) is 11.8. The van der Waals surface area contributed by atoms with Crippen LogP contribution >= 0.6 is 0 Å². The van der Waals surface area contributed by atoms with Crippen molar-refractivity contribution < 1.29 is 13.9 Å². The van der Waals surface area contributed by atoms with Gasteiger partial charge in [0.2, 0.25) is 0 Å². The van der Waals surface area contributed by atoms with Gasteiger partial charge < -0.3 is 4.74 Å². The summed E-state index contributed by atoms with van der Waals surface area (Å²) in [6, 6.07) is 15.4. The zero-order chi connectivity index (χ0) is 19.2. The third-order valence-electron chi connectivity index (χ3n) is 3.90. The van der Waals surface area contributed by atoms with Crippen molar-refractivity contribution in [1.29, 1.82) is 0 Å². The van der Waals surface area contributed by atoms with E-state index in [1.165, 1.54) is 18.2 Å². The van der Waals surface area contributed by atoms with Crippen LogP contribution in [0.1, 0.15) is 17.0 Å². The molecular formula is C20H19FN4O2. The third-order valence-corrected chi connectivity index (χ3v) is 3.90. The number of nitrogens with one attached hydrogen (secondary N) is 1. The molecule has 3 aromatic rings. The van der Waals surface area contributed by atoms with Gasteiger partial charge in [-0.3, -0.25) is 4.79 Å². The predicted octanol–water partition coefficient (Wildman–Crippen LogP) is 3.16. The van der Waals surface area contributed by atoms with Crippen LogP contribution in [0.3, 0.4) is 0 Å². The molecule has 0 aliphatic rings. The van der Waals surface area contributed by atoms with Crippen LogP contribution in [0.5, 0.6) is 5.75 Å². The number of rotatable bonds is 6.